The standard InChI is InChI=1S/C13H17BrN2O2/c1-15-11-9-10(14)6-7-12(11)16(2)8-4-5-13(17)18-3/h6-7,9H,1,4-5,8H2,2-3H3. The number of anilines is 1. The highest BCUT2D eigenvalue weighted by Crippen LogP contribution is 2.30. The Morgan fingerprint density at radius 3 is 2.89 bits per heavy atom. The number of nitrogens with zero attached hydrogens (tertiary/aromatic N) is 2. The van der Waals surface area contributed by atoms with Gasteiger partial charge in [0, 0.05) is 24.5 Å². The smallest absolute Gasteiger partial charge is 0.305 e. The van der Waals surface area contributed by atoms with Crippen molar-refractivity contribution >= 4 is 40.0 Å². The van der Waals surface area contributed by atoms with Crippen LogP contribution in [-0.4, -0.2) is 33.4 Å². The molecule has 0 aliphatic carbocycles. The minimum Gasteiger partial charge on any atom is -0.469 e. The molecule has 0 radical (unpaired) electrons. The van der Waals surface area contributed by atoms with E-state index in [1.54, 1.807) is 0 Å². The van der Waals surface area contributed by atoms with Crippen molar-refractivity contribution in [3.8, 4) is 0 Å². The topological polar surface area (TPSA) is 41.9 Å². The summed E-state index contributed by atoms with van der Waals surface area (Å²) < 4.78 is 5.58. The lowest BCUT2D eigenvalue weighted by Crippen LogP contribution is -2.19. The molecule has 0 N–H and O–H groups in total. The van der Waals surface area contributed by atoms with E-state index in [-0.39, 0.29) is 5.97 Å². The second-order valence-corrected chi connectivity index (χ2v) is 4.81. The maximum absolute atomic E-state index is 11.0. The Balaban J connectivity index is 2.63. The van der Waals surface area contributed by atoms with Crippen LogP contribution in [0.3, 0.4) is 0 Å². The van der Waals surface area contributed by atoms with Crippen LogP contribution in [-0.2, 0) is 9.53 Å². The molecule has 0 spiro atoms. The summed E-state index contributed by atoms with van der Waals surface area (Å²) in [5.74, 6) is -0.179. The van der Waals surface area contributed by atoms with Crippen LogP contribution in [0, 0.1) is 0 Å². The van der Waals surface area contributed by atoms with Gasteiger partial charge in [0.2, 0.25) is 0 Å². The van der Waals surface area contributed by atoms with Crippen molar-refractivity contribution in [2.45, 2.75) is 12.8 Å². The molecule has 98 valence electrons. The molecule has 0 bridgehead atoms. The lowest BCUT2D eigenvalue weighted by atomic mass is 10.2. The Morgan fingerprint density at radius 2 is 2.28 bits per heavy atom. The normalized spacial score (nSPS) is 9.94. The molecule has 5 heteroatoms. The number of halogens is 1. The van der Waals surface area contributed by atoms with Crippen molar-refractivity contribution in [1.29, 1.82) is 0 Å². The number of aliphatic imine (C=N–C) groups is 1. The van der Waals surface area contributed by atoms with Crippen molar-refractivity contribution in [2.24, 2.45) is 4.99 Å². The van der Waals surface area contributed by atoms with E-state index in [0.717, 1.165) is 28.8 Å². The Kier molecular flexibility index (Phi) is 5.85. The highest BCUT2D eigenvalue weighted by molar-refractivity contribution is 9.10. The fraction of sp³-hybridized carbons (Fsp3) is 0.385. The fourth-order valence-electron chi connectivity index (χ4n) is 1.63. The average Bonchev–Trinajstić information content (AvgIpc) is 2.37. The lowest BCUT2D eigenvalue weighted by molar-refractivity contribution is -0.140. The molecule has 0 saturated carbocycles. The molecule has 0 amide bonds. The van der Waals surface area contributed by atoms with Crippen LogP contribution >= 0.6 is 15.9 Å². The monoisotopic (exact) mass is 312 g/mol. The zero-order chi connectivity index (χ0) is 13.5. The van der Waals surface area contributed by atoms with Gasteiger partial charge in [-0.25, -0.2) is 0 Å². The maximum atomic E-state index is 11.0. The van der Waals surface area contributed by atoms with Crippen LogP contribution in [0.5, 0.6) is 0 Å². The van der Waals surface area contributed by atoms with Gasteiger partial charge in [-0.1, -0.05) is 15.9 Å². The van der Waals surface area contributed by atoms with Crippen molar-refractivity contribution in [1.82, 2.24) is 0 Å². The van der Waals surface area contributed by atoms with Gasteiger partial charge in [0.25, 0.3) is 0 Å². The van der Waals surface area contributed by atoms with Crippen molar-refractivity contribution < 1.29 is 9.53 Å². The number of ether oxygens (including phenoxy) is 1. The SMILES string of the molecule is C=Nc1cc(Br)ccc1N(C)CCCC(=O)OC. The summed E-state index contributed by atoms with van der Waals surface area (Å²) in [6, 6.07) is 5.85. The molecule has 4 nitrogen and oxygen atoms in total. The predicted octanol–water partition coefficient (Wildman–Crippen LogP) is 3.17. The van der Waals surface area contributed by atoms with Crippen LogP contribution < -0.4 is 4.90 Å². The van der Waals surface area contributed by atoms with Gasteiger partial charge < -0.3 is 9.64 Å². The van der Waals surface area contributed by atoms with Crippen LogP contribution in [0.4, 0.5) is 11.4 Å². The summed E-state index contributed by atoms with van der Waals surface area (Å²) in [6.07, 6.45) is 1.17. The number of rotatable bonds is 6. The van der Waals surface area contributed by atoms with Crippen LogP contribution in [0.1, 0.15) is 12.8 Å². The van der Waals surface area contributed by atoms with Gasteiger partial charge in [0.05, 0.1) is 18.5 Å². The largest absolute Gasteiger partial charge is 0.469 e. The first-order chi connectivity index (χ1) is 8.58. The minimum atomic E-state index is -0.179. The summed E-state index contributed by atoms with van der Waals surface area (Å²) >= 11 is 3.40. The average molecular weight is 313 g/mol. The minimum absolute atomic E-state index is 0.179. The first-order valence-electron chi connectivity index (χ1n) is 5.62. The number of benzene rings is 1. The van der Waals surface area contributed by atoms with Crippen molar-refractivity contribution in [2.75, 3.05) is 25.6 Å². The number of carbonyl (C=O) groups is 1. The van der Waals surface area contributed by atoms with E-state index in [0.29, 0.717) is 6.42 Å². The number of carbonyl (C=O) groups excluding carboxylic acids is 1. The summed E-state index contributed by atoms with van der Waals surface area (Å²) in [5.41, 5.74) is 1.82. The van der Waals surface area contributed by atoms with E-state index in [1.807, 2.05) is 25.2 Å². The molecule has 1 rings (SSSR count). The number of esters is 1. The zero-order valence-electron chi connectivity index (χ0n) is 10.6. The van der Waals surface area contributed by atoms with Gasteiger partial charge >= 0.3 is 5.97 Å². The van der Waals surface area contributed by atoms with Gasteiger partial charge in [0.1, 0.15) is 0 Å². The molecule has 1 aromatic rings. The van der Waals surface area contributed by atoms with Crippen molar-refractivity contribution in [3.63, 3.8) is 0 Å². The summed E-state index contributed by atoms with van der Waals surface area (Å²) in [4.78, 5) is 17.1. The molecule has 0 heterocycles. The van der Waals surface area contributed by atoms with Crippen LogP contribution in [0.25, 0.3) is 0 Å². The summed E-state index contributed by atoms with van der Waals surface area (Å²) in [7, 11) is 3.37. The summed E-state index contributed by atoms with van der Waals surface area (Å²) in [6.45, 7) is 4.33. The Bertz CT molecular complexity index is 435. The van der Waals surface area contributed by atoms with Gasteiger partial charge in [-0.05, 0) is 31.3 Å². The third-order valence-corrected chi connectivity index (χ3v) is 3.11. The first kappa shape index (κ1) is 14.7. The molecule has 0 unspecified atom stereocenters. The Hall–Kier alpha value is -1.36. The molecule has 0 aromatic heterocycles. The maximum Gasteiger partial charge on any atom is 0.305 e. The number of hydrogen-bond donors (Lipinski definition) is 0. The van der Waals surface area contributed by atoms with E-state index in [9.17, 15) is 4.79 Å². The van der Waals surface area contributed by atoms with E-state index in [2.05, 4.69) is 37.3 Å². The van der Waals surface area contributed by atoms with E-state index < -0.39 is 0 Å². The molecular formula is C13H17BrN2O2. The molecule has 0 fully saturated rings. The number of hydrogen-bond acceptors (Lipinski definition) is 4. The first-order valence-corrected chi connectivity index (χ1v) is 6.42. The van der Waals surface area contributed by atoms with Crippen LogP contribution in [0.15, 0.2) is 27.7 Å². The Labute approximate surface area is 116 Å². The third-order valence-electron chi connectivity index (χ3n) is 2.62. The zero-order valence-corrected chi connectivity index (χ0v) is 12.2. The quantitative estimate of drug-likeness (QED) is 0.598. The fourth-order valence-corrected chi connectivity index (χ4v) is 1.98. The molecule has 0 aliphatic rings. The van der Waals surface area contributed by atoms with E-state index in [4.69, 9.17) is 0 Å². The third kappa shape index (κ3) is 4.14. The number of methoxy groups -OCH3 is 1. The van der Waals surface area contributed by atoms with Gasteiger partial charge in [0.15, 0.2) is 0 Å². The lowest BCUT2D eigenvalue weighted by Gasteiger charge is -2.20. The summed E-state index contributed by atoms with van der Waals surface area (Å²) in [5, 5.41) is 0. The molecule has 18 heavy (non-hydrogen) atoms. The Morgan fingerprint density at radius 1 is 1.56 bits per heavy atom. The molecular weight excluding hydrogens is 296 g/mol. The van der Waals surface area contributed by atoms with Crippen molar-refractivity contribution in [3.05, 3.63) is 22.7 Å². The molecule has 0 aliphatic heterocycles. The second kappa shape index (κ2) is 7.16. The highest BCUT2D eigenvalue weighted by atomic mass is 79.9. The van der Waals surface area contributed by atoms with Gasteiger partial charge in [-0.2, -0.15) is 0 Å². The van der Waals surface area contributed by atoms with E-state index >= 15 is 0 Å². The van der Waals surface area contributed by atoms with Gasteiger partial charge in [-0.3, -0.25) is 9.79 Å². The molecule has 1 aromatic carbocycles. The van der Waals surface area contributed by atoms with Crippen LogP contribution in [0.2, 0.25) is 0 Å². The van der Waals surface area contributed by atoms with Gasteiger partial charge in [-0.15, -0.1) is 0 Å². The predicted molar refractivity (Wildman–Crippen MR) is 77.9 cm³/mol. The second-order valence-electron chi connectivity index (χ2n) is 3.89. The van der Waals surface area contributed by atoms with E-state index in [1.165, 1.54) is 7.11 Å². The molecule has 0 saturated heterocycles. The highest BCUT2D eigenvalue weighted by Gasteiger charge is 2.08. The molecule has 0 atom stereocenters.